The van der Waals surface area contributed by atoms with Crippen LogP contribution < -0.4 is 0 Å². The smallest absolute Gasteiger partial charge is 0.222 e. The predicted molar refractivity (Wildman–Crippen MR) is 67.5 cm³/mol. The van der Waals surface area contributed by atoms with Crippen molar-refractivity contribution < 1.29 is 9.59 Å². The number of likely N-dealkylation sites (tertiary alicyclic amines) is 2. The molecular formula is C13H24N2O2. The number of rotatable bonds is 0. The second-order valence-corrected chi connectivity index (χ2v) is 4.93. The van der Waals surface area contributed by atoms with Crippen LogP contribution in [-0.2, 0) is 9.59 Å². The van der Waals surface area contributed by atoms with E-state index in [9.17, 15) is 9.59 Å². The van der Waals surface area contributed by atoms with Gasteiger partial charge >= 0.3 is 0 Å². The molecule has 1 spiro atoms. The molecular weight excluding hydrogens is 216 g/mol. The zero-order valence-electron chi connectivity index (χ0n) is 11.5. The van der Waals surface area contributed by atoms with Crippen LogP contribution in [0.15, 0.2) is 0 Å². The summed E-state index contributed by atoms with van der Waals surface area (Å²) in [4.78, 5) is 26.4. The summed E-state index contributed by atoms with van der Waals surface area (Å²) in [7, 11) is 1.87. The van der Waals surface area contributed by atoms with Crippen molar-refractivity contribution in [1.29, 1.82) is 0 Å². The van der Waals surface area contributed by atoms with E-state index in [1.165, 1.54) is 0 Å². The summed E-state index contributed by atoms with van der Waals surface area (Å²) < 4.78 is 0. The monoisotopic (exact) mass is 240 g/mol. The summed E-state index contributed by atoms with van der Waals surface area (Å²) in [6.07, 6.45) is 2.63. The lowest BCUT2D eigenvalue weighted by Crippen LogP contribution is -2.43. The Morgan fingerprint density at radius 3 is 2.12 bits per heavy atom. The molecule has 2 fully saturated rings. The molecule has 0 aliphatic carbocycles. The van der Waals surface area contributed by atoms with Crippen LogP contribution in [0.5, 0.6) is 0 Å². The standard InChI is InChI=1S/C11H18N2O2.C2H6/c1-9(14)13-5-3-11(4-6-13)7-10(15)12(2)8-11;1-2/h3-8H2,1-2H3;1-2H3. The highest BCUT2D eigenvalue weighted by Gasteiger charge is 2.43. The molecule has 2 saturated heterocycles. The van der Waals surface area contributed by atoms with E-state index in [0.29, 0.717) is 6.42 Å². The first kappa shape index (κ1) is 14.0. The third kappa shape index (κ3) is 2.99. The van der Waals surface area contributed by atoms with Crippen molar-refractivity contribution in [3.63, 3.8) is 0 Å². The Bertz CT molecular complexity index is 294. The van der Waals surface area contributed by atoms with Crippen LogP contribution in [0.2, 0.25) is 0 Å². The minimum absolute atomic E-state index is 0.155. The van der Waals surface area contributed by atoms with Gasteiger partial charge in [0.25, 0.3) is 0 Å². The Kier molecular flexibility index (Phi) is 4.54. The predicted octanol–water partition coefficient (Wildman–Crippen LogP) is 1.50. The van der Waals surface area contributed by atoms with Gasteiger partial charge in [0, 0.05) is 45.4 Å². The van der Waals surface area contributed by atoms with Crippen molar-refractivity contribution in [2.24, 2.45) is 5.41 Å². The molecule has 0 saturated carbocycles. The quantitative estimate of drug-likeness (QED) is 0.644. The third-order valence-corrected chi connectivity index (χ3v) is 3.79. The second kappa shape index (κ2) is 5.52. The molecule has 2 aliphatic rings. The fourth-order valence-corrected chi connectivity index (χ4v) is 2.73. The normalized spacial score (nSPS) is 22.5. The van der Waals surface area contributed by atoms with Crippen LogP contribution >= 0.6 is 0 Å². The minimum Gasteiger partial charge on any atom is -0.345 e. The number of carbonyl (C=O) groups excluding carboxylic acids is 2. The van der Waals surface area contributed by atoms with Gasteiger partial charge in [-0.05, 0) is 12.8 Å². The van der Waals surface area contributed by atoms with Crippen LogP contribution in [-0.4, -0.2) is 48.3 Å². The van der Waals surface area contributed by atoms with E-state index in [1.54, 1.807) is 6.92 Å². The van der Waals surface area contributed by atoms with Gasteiger partial charge in [0.15, 0.2) is 0 Å². The molecule has 2 rings (SSSR count). The minimum atomic E-state index is 0.155. The van der Waals surface area contributed by atoms with Crippen LogP contribution in [0, 0.1) is 5.41 Å². The molecule has 4 nitrogen and oxygen atoms in total. The van der Waals surface area contributed by atoms with E-state index in [1.807, 2.05) is 30.7 Å². The zero-order chi connectivity index (χ0) is 13.1. The van der Waals surface area contributed by atoms with Gasteiger partial charge in [-0.25, -0.2) is 0 Å². The fraction of sp³-hybridized carbons (Fsp3) is 0.846. The molecule has 2 aliphatic heterocycles. The number of piperidine rings is 1. The summed E-state index contributed by atoms with van der Waals surface area (Å²) in [6, 6.07) is 0. The molecule has 2 amide bonds. The Labute approximate surface area is 104 Å². The number of carbonyl (C=O) groups is 2. The lowest BCUT2D eigenvalue weighted by Gasteiger charge is -2.38. The topological polar surface area (TPSA) is 40.6 Å². The SMILES string of the molecule is CC.CC(=O)N1CCC2(CC1)CC(=O)N(C)C2. The molecule has 2 heterocycles. The molecule has 98 valence electrons. The number of nitrogens with zero attached hydrogens (tertiary/aromatic N) is 2. The largest absolute Gasteiger partial charge is 0.345 e. The molecule has 0 aromatic rings. The maximum atomic E-state index is 11.5. The molecule has 0 aromatic carbocycles. The molecule has 0 aromatic heterocycles. The molecule has 0 radical (unpaired) electrons. The maximum Gasteiger partial charge on any atom is 0.222 e. The summed E-state index contributed by atoms with van der Waals surface area (Å²) >= 11 is 0. The summed E-state index contributed by atoms with van der Waals surface area (Å²) in [5.41, 5.74) is 0.164. The van der Waals surface area contributed by atoms with E-state index in [4.69, 9.17) is 0 Å². The van der Waals surface area contributed by atoms with Gasteiger partial charge in [-0.2, -0.15) is 0 Å². The van der Waals surface area contributed by atoms with E-state index >= 15 is 0 Å². The Morgan fingerprint density at radius 1 is 1.24 bits per heavy atom. The Morgan fingerprint density at radius 2 is 1.76 bits per heavy atom. The average molecular weight is 240 g/mol. The number of amides is 2. The van der Waals surface area contributed by atoms with Gasteiger partial charge in [-0.1, -0.05) is 13.8 Å². The lowest BCUT2D eigenvalue weighted by molar-refractivity contribution is -0.131. The molecule has 0 unspecified atom stereocenters. The second-order valence-electron chi connectivity index (χ2n) is 4.93. The zero-order valence-corrected chi connectivity index (χ0v) is 11.5. The highest BCUT2D eigenvalue weighted by Crippen LogP contribution is 2.40. The summed E-state index contributed by atoms with van der Waals surface area (Å²) in [5.74, 6) is 0.411. The van der Waals surface area contributed by atoms with E-state index in [2.05, 4.69) is 0 Å². The van der Waals surface area contributed by atoms with E-state index in [-0.39, 0.29) is 17.2 Å². The van der Waals surface area contributed by atoms with Crippen molar-refractivity contribution in [3.8, 4) is 0 Å². The molecule has 0 atom stereocenters. The van der Waals surface area contributed by atoms with E-state index in [0.717, 1.165) is 32.5 Å². The number of hydrogen-bond acceptors (Lipinski definition) is 2. The van der Waals surface area contributed by atoms with Crippen molar-refractivity contribution >= 4 is 11.8 Å². The van der Waals surface area contributed by atoms with Gasteiger partial charge in [0.2, 0.25) is 11.8 Å². The summed E-state index contributed by atoms with van der Waals surface area (Å²) in [5, 5.41) is 0. The highest BCUT2D eigenvalue weighted by molar-refractivity contribution is 5.79. The fourth-order valence-electron chi connectivity index (χ4n) is 2.73. The Balaban J connectivity index is 0.000000686. The molecule has 0 N–H and O–H groups in total. The Hall–Kier alpha value is -1.06. The first-order valence-corrected chi connectivity index (χ1v) is 6.52. The maximum absolute atomic E-state index is 11.5. The van der Waals surface area contributed by atoms with Crippen molar-refractivity contribution in [2.75, 3.05) is 26.7 Å². The van der Waals surface area contributed by atoms with Crippen LogP contribution in [0.1, 0.15) is 40.0 Å². The average Bonchev–Trinajstić information content (AvgIpc) is 2.57. The van der Waals surface area contributed by atoms with Gasteiger partial charge < -0.3 is 9.80 Å². The van der Waals surface area contributed by atoms with Crippen LogP contribution in [0.25, 0.3) is 0 Å². The van der Waals surface area contributed by atoms with Gasteiger partial charge in [0.05, 0.1) is 0 Å². The van der Waals surface area contributed by atoms with Crippen molar-refractivity contribution in [1.82, 2.24) is 9.80 Å². The van der Waals surface area contributed by atoms with E-state index < -0.39 is 0 Å². The van der Waals surface area contributed by atoms with Gasteiger partial charge in [-0.3, -0.25) is 9.59 Å². The first-order chi connectivity index (χ1) is 8.02. The number of hydrogen-bond donors (Lipinski definition) is 0. The van der Waals surface area contributed by atoms with Gasteiger partial charge in [0.1, 0.15) is 0 Å². The summed E-state index contributed by atoms with van der Waals surface area (Å²) in [6.45, 7) is 8.12. The molecule has 4 heteroatoms. The lowest BCUT2D eigenvalue weighted by atomic mass is 9.77. The van der Waals surface area contributed by atoms with Crippen molar-refractivity contribution in [2.45, 2.75) is 40.0 Å². The molecule has 17 heavy (non-hydrogen) atoms. The highest BCUT2D eigenvalue weighted by atomic mass is 16.2. The van der Waals surface area contributed by atoms with Crippen LogP contribution in [0.3, 0.4) is 0 Å². The van der Waals surface area contributed by atoms with Crippen LogP contribution in [0.4, 0.5) is 0 Å². The van der Waals surface area contributed by atoms with Gasteiger partial charge in [-0.15, -0.1) is 0 Å². The van der Waals surface area contributed by atoms with Crippen molar-refractivity contribution in [3.05, 3.63) is 0 Å². The third-order valence-electron chi connectivity index (χ3n) is 3.79. The molecule has 0 bridgehead atoms. The first-order valence-electron chi connectivity index (χ1n) is 6.52.